The summed E-state index contributed by atoms with van der Waals surface area (Å²) in [6, 6.07) is 12.7. The highest BCUT2D eigenvalue weighted by molar-refractivity contribution is 6.32. The number of amides is 1. The summed E-state index contributed by atoms with van der Waals surface area (Å²) >= 11 is 6.15. The van der Waals surface area contributed by atoms with E-state index in [-0.39, 0.29) is 11.9 Å². The number of nitrogens with one attached hydrogen (secondary N) is 1. The Labute approximate surface area is 147 Å². The van der Waals surface area contributed by atoms with Gasteiger partial charge in [0.2, 0.25) is 0 Å². The number of rotatable bonds is 7. The van der Waals surface area contributed by atoms with E-state index in [1.807, 2.05) is 38.1 Å². The van der Waals surface area contributed by atoms with Crippen molar-refractivity contribution in [3.8, 4) is 11.5 Å². The lowest BCUT2D eigenvalue weighted by Gasteiger charge is -2.18. The van der Waals surface area contributed by atoms with Crippen LogP contribution in [0.5, 0.6) is 11.5 Å². The lowest BCUT2D eigenvalue weighted by Crippen LogP contribution is -2.28. The maximum Gasteiger partial charge on any atom is 0.251 e. The third kappa shape index (κ3) is 4.42. The first-order valence-electron chi connectivity index (χ1n) is 7.96. The topological polar surface area (TPSA) is 47.6 Å². The van der Waals surface area contributed by atoms with Crippen molar-refractivity contribution < 1.29 is 14.3 Å². The second-order valence-corrected chi connectivity index (χ2v) is 5.69. The average molecular weight is 348 g/mol. The Hall–Kier alpha value is -2.20. The molecule has 1 N–H and O–H groups in total. The molecular formula is C19H22ClNO3. The van der Waals surface area contributed by atoms with Crippen LogP contribution in [-0.4, -0.2) is 19.6 Å². The maximum atomic E-state index is 12.5. The largest absolute Gasteiger partial charge is 0.497 e. The smallest absolute Gasteiger partial charge is 0.251 e. The molecule has 0 aliphatic heterocycles. The Bertz CT molecular complexity index is 686. The molecule has 0 heterocycles. The second-order valence-electron chi connectivity index (χ2n) is 5.29. The Morgan fingerprint density at radius 3 is 2.42 bits per heavy atom. The molecule has 5 heteroatoms. The monoisotopic (exact) mass is 347 g/mol. The lowest BCUT2D eigenvalue weighted by molar-refractivity contribution is 0.0935. The lowest BCUT2D eigenvalue weighted by atomic mass is 10.0. The van der Waals surface area contributed by atoms with Crippen molar-refractivity contribution in [3.63, 3.8) is 0 Å². The molecule has 0 aliphatic rings. The zero-order chi connectivity index (χ0) is 17.5. The van der Waals surface area contributed by atoms with Crippen LogP contribution in [0.15, 0.2) is 42.5 Å². The van der Waals surface area contributed by atoms with Crippen LogP contribution >= 0.6 is 11.6 Å². The summed E-state index contributed by atoms with van der Waals surface area (Å²) in [4.78, 5) is 12.5. The highest BCUT2D eigenvalue weighted by Gasteiger charge is 2.15. The van der Waals surface area contributed by atoms with Gasteiger partial charge in [-0.2, -0.15) is 0 Å². The summed E-state index contributed by atoms with van der Waals surface area (Å²) < 4.78 is 10.6. The van der Waals surface area contributed by atoms with Crippen LogP contribution in [0.3, 0.4) is 0 Å². The SMILES string of the molecule is CCOc1ccc(C(=O)N[C@@H](CC)c2ccc(OC)cc2)cc1Cl. The molecule has 0 spiro atoms. The minimum Gasteiger partial charge on any atom is -0.497 e. The normalized spacial score (nSPS) is 11.7. The molecule has 0 bridgehead atoms. The second kappa shape index (κ2) is 8.60. The summed E-state index contributed by atoms with van der Waals surface area (Å²) in [6.07, 6.45) is 0.781. The zero-order valence-electron chi connectivity index (χ0n) is 14.1. The van der Waals surface area contributed by atoms with Gasteiger partial charge < -0.3 is 14.8 Å². The molecular weight excluding hydrogens is 326 g/mol. The van der Waals surface area contributed by atoms with Gasteiger partial charge in [-0.3, -0.25) is 4.79 Å². The first kappa shape index (κ1) is 18.1. The molecule has 2 aromatic rings. The molecule has 0 aromatic heterocycles. The van der Waals surface area contributed by atoms with E-state index in [9.17, 15) is 4.79 Å². The molecule has 24 heavy (non-hydrogen) atoms. The number of carbonyl (C=O) groups is 1. The molecule has 0 aliphatic carbocycles. The summed E-state index contributed by atoms with van der Waals surface area (Å²) in [5, 5.41) is 3.47. The van der Waals surface area contributed by atoms with Crippen LogP contribution in [-0.2, 0) is 0 Å². The van der Waals surface area contributed by atoms with Crippen molar-refractivity contribution >= 4 is 17.5 Å². The van der Waals surface area contributed by atoms with Crippen LogP contribution in [0.4, 0.5) is 0 Å². The molecule has 1 amide bonds. The summed E-state index contributed by atoms with van der Waals surface area (Å²) in [6.45, 7) is 4.44. The standard InChI is InChI=1S/C19H22ClNO3/c1-4-17(13-6-9-15(23-3)10-7-13)21-19(22)14-8-11-18(24-5-2)16(20)12-14/h6-12,17H,4-5H2,1-3H3,(H,21,22)/t17-/m0/s1. The fourth-order valence-electron chi connectivity index (χ4n) is 2.41. The van der Waals surface area contributed by atoms with Gasteiger partial charge in [-0.1, -0.05) is 30.7 Å². The van der Waals surface area contributed by atoms with Crippen molar-refractivity contribution in [1.29, 1.82) is 0 Å². The highest BCUT2D eigenvalue weighted by Crippen LogP contribution is 2.26. The number of hydrogen-bond donors (Lipinski definition) is 1. The van der Waals surface area contributed by atoms with E-state index in [1.165, 1.54) is 0 Å². The van der Waals surface area contributed by atoms with Gasteiger partial charge in [-0.05, 0) is 49.2 Å². The summed E-state index contributed by atoms with van der Waals surface area (Å²) in [5.74, 6) is 1.21. The van der Waals surface area contributed by atoms with Gasteiger partial charge >= 0.3 is 0 Å². The molecule has 0 saturated heterocycles. The molecule has 128 valence electrons. The molecule has 0 fully saturated rings. The quantitative estimate of drug-likeness (QED) is 0.794. The number of carbonyl (C=O) groups excluding carboxylic acids is 1. The molecule has 1 atom stereocenters. The first-order chi connectivity index (χ1) is 11.6. The zero-order valence-corrected chi connectivity index (χ0v) is 14.9. The Kier molecular flexibility index (Phi) is 6.50. The van der Waals surface area contributed by atoms with Crippen LogP contribution in [0, 0.1) is 0 Å². The first-order valence-corrected chi connectivity index (χ1v) is 8.34. The summed E-state index contributed by atoms with van der Waals surface area (Å²) in [5.41, 5.74) is 1.54. The van der Waals surface area contributed by atoms with Crippen molar-refractivity contribution in [2.45, 2.75) is 26.3 Å². The van der Waals surface area contributed by atoms with Crippen molar-refractivity contribution in [2.24, 2.45) is 0 Å². The van der Waals surface area contributed by atoms with Gasteiger partial charge in [-0.25, -0.2) is 0 Å². The predicted molar refractivity (Wildman–Crippen MR) is 96.1 cm³/mol. The minimum atomic E-state index is -0.164. The van der Waals surface area contributed by atoms with E-state index >= 15 is 0 Å². The fourth-order valence-corrected chi connectivity index (χ4v) is 2.65. The number of hydrogen-bond acceptors (Lipinski definition) is 3. The molecule has 2 rings (SSSR count). The maximum absolute atomic E-state index is 12.5. The average Bonchev–Trinajstić information content (AvgIpc) is 2.61. The van der Waals surface area contributed by atoms with Crippen molar-refractivity contribution in [1.82, 2.24) is 5.32 Å². The van der Waals surface area contributed by atoms with Crippen LogP contribution in [0.2, 0.25) is 5.02 Å². The summed E-state index contributed by atoms with van der Waals surface area (Å²) in [7, 11) is 1.63. The third-order valence-corrected chi connectivity index (χ3v) is 4.02. The number of ether oxygens (including phenoxy) is 2. The van der Waals surface area contributed by atoms with Crippen LogP contribution < -0.4 is 14.8 Å². The van der Waals surface area contributed by atoms with Crippen molar-refractivity contribution in [3.05, 3.63) is 58.6 Å². The van der Waals surface area contributed by atoms with Gasteiger partial charge in [0.25, 0.3) is 5.91 Å². The van der Waals surface area contributed by atoms with Gasteiger partial charge in [0.1, 0.15) is 11.5 Å². The number of methoxy groups -OCH3 is 1. The minimum absolute atomic E-state index is 0.0752. The Balaban J connectivity index is 2.12. The molecule has 0 radical (unpaired) electrons. The predicted octanol–water partition coefficient (Wildman–Crippen LogP) is 4.63. The number of benzene rings is 2. The van der Waals surface area contributed by atoms with E-state index < -0.39 is 0 Å². The van der Waals surface area contributed by atoms with E-state index in [2.05, 4.69) is 5.32 Å². The van der Waals surface area contributed by atoms with E-state index in [1.54, 1.807) is 25.3 Å². The Morgan fingerprint density at radius 2 is 1.88 bits per heavy atom. The van der Waals surface area contributed by atoms with E-state index in [0.717, 1.165) is 17.7 Å². The van der Waals surface area contributed by atoms with Gasteiger partial charge in [0.15, 0.2) is 0 Å². The van der Waals surface area contributed by atoms with Gasteiger partial charge in [0.05, 0.1) is 24.8 Å². The van der Waals surface area contributed by atoms with Crippen molar-refractivity contribution in [2.75, 3.05) is 13.7 Å². The number of halogens is 1. The molecule has 0 saturated carbocycles. The fraction of sp³-hybridized carbons (Fsp3) is 0.316. The highest BCUT2D eigenvalue weighted by atomic mass is 35.5. The molecule has 0 unspecified atom stereocenters. The molecule has 2 aromatic carbocycles. The van der Waals surface area contributed by atoms with Gasteiger partial charge in [-0.15, -0.1) is 0 Å². The van der Waals surface area contributed by atoms with Crippen LogP contribution in [0.25, 0.3) is 0 Å². The van der Waals surface area contributed by atoms with E-state index in [0.29, 0.717) is 22.9 Å². The van der Waals surface area contributed by atoms with E-state index in [4.69, 9.17) is 21.1 Å². The molecule has 4 nitrogen and oxygen atoms in total. The third-order valence-electron chi connectivity index (χ3n) is 3.73. The van der Waals surface area contributed by atoms with Crippen LogP contribution in [0.1, 0.15) is 42.2 Å². The van der Waals surface area contributed by atoms with Gasteiger partial charge in [0, 0.05) is 5.56 Å². The Morgan fingerprint density at radius 1 is 1.17 bits per heavy atom.